The number of aromatic nitrogens is 1. The maximum atomic E-state index is 12.5. The van der Waals surface area contributed by atoms with Crippen LogP contribution in [0.1, 0.15) is 49.4 Å². The second-order valence-corrected chi connectivity index (χ2v) is 11.5. The van der Waals surface area contributed by atoms with E-state index in [4.69, 9.17) is 14.2 Å². The Morgan fingerprint density at radius 3 is 2.23 bits per heavy atom. The molecule has 44 heavy (non-hydrogen) atoms. The molecule has 1 N–H and O–H groups in total. The average Bonchev–Trinajstić information content (AvgIpc) is 3.04. The number of benzene rings is 3. The van der Waals surface area contributed by atoms with Gasteiger partial charge in [-0.2, -0.15) is 10.2 Å². The molecule has 0 atom stereocenters. The first-order chi connectivity index (χ1) is 21.3. The van der Waals surface area contributed by atoms with Gasteiger partial charge in [0.25, 0.3) is 0 Å². The topological polar surface area (TPSA) is 96.7 Å². The molecule has 0 saturated heterocycles. The highest BCUT2D eigenvalue weighted by molar-refractivity contribution is 5.77. The number of carbonyl (C=O) groups is 1. The molecule has 1 aromatic heterocycles. The van der Waals surface area contributed by atoms with Gasteiger partial charge in [0.2, 0.25) is 11.8 Å². The minimum Gasteiger partial charge on any atom is -0.473 e. The van der Waals surface area contributed by atoms with Crippen molar-refractivity contribution in [2.24, 2.45) is 0 Å². The first-order valence-electron chi connectivity index (χ1n) is 14.6. The van der Waals surface area contributed by atoms with Gasteiger partial charge in [-0.3, -0.25) is 0 Å². The molecule has 0 fully saturated rings. The number of hydrogen-bond acceptors (Lipinski definition) is 7. The Morgan fingerprint density at radius 1 is 0.932 bits per heavy atom. The van der Waals surface area contributed by atoms with Crippen LogP contribution in [-0.4, -0.2) is 34.7 Å². The first-order valence-corrected chi connectivity index (χ1v) is 14.6. The highest BCUT2D eigenvalue weighted by Crippen LogP contribution is 2.32. The van der Waals surface area contributed by atoms with Gasteiger partial charge in [-0.1, -0.05) is 72.8 Å². The Kier molecular flexibility index (Phi) is 9.46. The van der Waals surface area contributed by atoms with E-state index in [1.807, 2.05) is 112 Å². The SMILES string of the molecule is CC(C)(C)OC(=O)N1CC=C(c2ccc(Nc3ccc(OCc4ccccc4)nc3OCc3ccccc3)cc2C#N)CC1. The van der Waals surface area contributed by atoms with Gasteiger partial charge in [0.15, 0.2) is 0 Å². The lowest BCUT2D eigenvalue weighted by atomic mass is 9.95. The Bertz CT molecular complexity index is 1660. The van der Waals surface area contributed by atoms with Crippen LogP contribution in [0, 0.1) is 11.3 Å². The van der Waals surface area contributed by atoms with Gasteiger partial charge in [0.05, 0.1) is 11.6 Å². The summed E-state index contributed by atoms with van der Waals surface area (Å²) in [6, 6.07) is 31.5. The fourth-order valence-electron chi connectivity index (χ4n) is 4.72. The van der Waals surface area contributed by atoms with Crippen LogP contribution in [-0.2, 0) is 18.0 Å². The number of nitrogens with zero attached hydrogens (tertiary/aromatic N) is 3. The molecule has 0 saturated carbocycles. The fraction of sp³-hybridized carbons (Fsp3) is 0.250. The van der Waals surface area contributed by atoms with Crippen molar-refractivity contribution in [1.82, 2.24) is 9.88 Å². The van der Waals surface area contributed by atoms with Crippen molar-refractivity contribution >= 4 is 23.0 Å². The van der Waals surface area contributed by atoms with Crippen molar-refractivity contribution < 1.29 is 19.0 Å². The number of ether oxygens (including phenoxy) is 3. The summed E-state index contributed by atoms with van der Waals surface area (Å²) in [7, 11) is 0. The number of amides is 1. The lowest BCUT2D eigenvalue weighted by molar-refractivity contribution is 0.0270. The molecule has 0 bridgehead atoms. The summed E-state index contributed by atoms with van der Waals surface area (Å²) in [5.74, 6) is 0.833. The van der Waals surface area contributed by atoms with Gasteiger partial charge in [-0.05, 0) is 67.7 Å². The van der Waals surface area contributed by atoms with Crippen LogP contribution in [0.3, 0.4) is 0 Å². The number of anilines is 2. The summed E-state index contributed by atoms with van der Waals surface area (Å²) < 4.78 is 17.6. The van der Waals surface area contributed by atoms with E-state index in [1.54, 1.807) is 11.0 Å². The van der Waals surface area contributed by atoms with Gasteiger partial charge < -0.3 is 24.4 Å². The molecule has 5 rings (SSSR count). The fourth-order valence-corrected chi connectivity index (χ4v) is 4.72. The number of nitrogens with one attached hydrogen (secondary N) is 1. The number of pyridine rings is 1. The molecule has 8 heteroatoms. The number of carbonyl (C=O) groups excluding carboxylic acids is 1. The Hall–Kier alpha value is -5.29. The van der Waals surface area contributed by atoms with E-state index in [9.17, 15) is 10.1 Å². The predicted molar refractivity (Wildman–Crippen MR) is 171 cm³/mol. The smallest absolute Gasteiger partial charge is 0.410 e. The van der Waals surface area contributed by atoms with E-state index >= 15 is 0 Å². The van der Waals surface area contributed by atoms with Crippen LogP contribution in [0.5, 0.6) is 11.8 Å². The van der Waals surface area contributed by atoms with Crippen molar-refractivity contribution in [3.63, 3.8) is 0 Å². The Balaban J connectivity index is 1.33. The molecule has 0 spiro atoms. The molecule has 1 aliphatic rings. The normalized spacial score (nSPS) is 13.0. The molecule has 1 amide bonds. The Morgan fingerprint density at radius 2 is 1.61 bits per heavy atom. The summed E-state index contributed by atoms with van der Waals surface area (Å²) in [4.78, 5) is 18.8. The third-order valence-electron chi connectivity index (χ3n) is 6.91. The van der Waals surface area contributed by atoms with Crippen LogP contribution >= 0.6 is 0 Å². The molecular formula is C36H36N4O4. The molecule has 1 aliphatic heterocycles. The standard InChI is InChI=1S/C36H36N4O4/c1-36(2,3)44-35(41)40-20-18-28(19-21-40)31-15-14-30(22-29(31)23-37)38-32-16-17-33(42-24-26-10-6-4-7-11-26)39-34(32)43-25-27-12-8-5-9-13-27/h4-18,22,38H,19-21,24-25H2,1-3H3. The first kappa shape index (κ1) is 30.2. The molecule has 8 nitrogen and oxygen atoms in total. The van der Waals surface area contributed by atoms with Crippen molar-refractivity contribution in [2.75, 3.05) is 18.4 Å². The average molecular weight is 589 g/mol. The predicted octanol–water partition coefficient (Wildman–Crippen LogP) is 7.88. The van der Waals surface area contributed by atoms with Gasteiger partial charge in [0, 0.05) is 24.8 Å². The Labute approximate surface area is 258 Å². The highest BCUT2D eigenvalue weighted by atomic mass is 16.6. The minimum absolute atomic E-state index is 0.330. The minimum atomic E-state index is -0.546. The molecule has 2 heterocycles. The molecule has 0 aliphatic carbocycles. The van der Waals surface area contributed by atoms with Crippen molar-refractivity contribution in [3.05, 3.63) is 119 Å². The third kappa shape index (κ3) is 8.17. The lowest BCUT2D eigenvalue weighted by Crippen LogP contribution is -2.39. The van der Waals surface area contributed by atoms with Gasteiger partial charge in [0.1, 0.15) is 24.5 Å². The maximum Gasteiger partial charge on any atom is 0.410 e. The van der Waals surface area contributed by atoms with Crippen LogP contribution in [0.15, 0.2) is 97.1 Å². The second kappa shape index (κ2) is 13.8. The molecule has 0 radical (unpaired) electrons. The van der Waals surface area contributed by atoms with Gasteiger partial charge in [-0.25, -0.2) is 4.79 Å². The van der Waals surface area contributed by atoms with E-state index in [-0.39, 0.29) is 6.09 Å². The number of rotatable bonds is 9. The summed E-state index contributed by atoms with van der Waals surface area (Å²) >= 11 is 0. The number of nitriles is 1. The summed E-state index contributed by atoms with van der Waals surface area (Å²) in [6.07, 6.45) is 2.29. The second-order valence-electron chi connectivity index (χ2n) is 11.5. The van der Waals surface area contributed by atoms with Gasteiger partial charge >= 0.3 is 6.09 Å². The summed E-state index contributed by atoms with van der Waals surface area (Å²) in [5.41, 5.74) is 5.29. The third-order valence-corrected chi connectivity index (χ3v) is 6.91. The van der Waals surface area contributed by atoms with Crippen LogP contribution < -0.4 is 14.8 Å². The molecule has 3 aromatic carbocycles. The zero-order valence-corrected chi connectivity index (χ0v) is 25.2. The van der Waals surface area contributed by atoms with Crippen molar-refractivity contribution in [2.45, 2.75) is 46.0 Å². The van der Waals surface area contributed by atoms with Crippen LogP contribution in [0.2, 0.25) is 0 Å². The summed E-state index contributed by atoms with van der Waals surface area (Å²) in [6.45, 7) is 7.24. The van der Waals surface area contributed by atoms with E-state index in [0.717, 1.165) is 28.0 Å². The molecule has 0 unspecified atom stereocenters. The zero-order valence-electron chi connectivity index (χ0n) is 25.2. The van der Waals surface area contributed by atoms with E-state index in [1.165, 1.54) is 0 Å². The van der Waals surface area contributed by atoms with Crippen molar-refractivity contribution in [3.8, 4) is 17.8 Å². The van der Waals surface area contributed by atoms with E-state index in [0.29, 0.717) is 55.7 Å². The maximum absolute atomic E-state index is 12.5. The van der Waals surface area contributed by atoms with Gasteiger partial charge in [-0.15, -0.1) is 0 Å². The van der Waals surface area contributed by atoms with E-state index in [2.05, 4.69) is 16.4 Å². The van der Waals surface area contributed by atoms with Crippen molar-refractivity contribution in [1.29, 1.82) is 5.26 Å². The monoisotopic (exact) mass is 588 g/mol. The van der Waals surface area contributed by atoms with E-state index < -0.39 is 5.60 Å². The number of hydrogen-bond donors (Lipinski definition) is 1. The highest BCUT2D eigenvalue weighted by Gasteiger charge is 2.24. The quantitative estimate of drug-likeness (QED) is 0.212. The zero-order chi connectivity index (χ0) is 30.9. The molecular weight excluding hydrogens is 552 g/mol. The molecule has 224 valence electrons. The van der Waals surface area contributed by atoms with Crippen LogP contribution in [0.4, 0.5) is 16.2 Å². The molecule has 4 aromatic rings. The largest absolute Gasteiger partial charge is 0.473 e. The van der Waals surface area contributed by atoms with Crippen LogP contribution in [0.25, 0.3) is 5.57 Å². The lowest BCUT2D eigenvalue weighted by Gasteiger charge is -2.29. The summed E-state index contributed by atoms with van der Waals surface area (Å²) in [5, 5.41) is 13.4.